The molecule has 1 nitrogen and oxygen atoms in total. The zero-order valence-corrected chi connectivity index (χ0v) is 12.9. The summed E-state index contributed by atoms with van der Waals surface area (Å²) >= 11 is 0. The van der Waals surface area contributed by atoms with Crippen molar-refractivity contribution < 1.29 is 0 Å². The van der Waals surface area contributed by atoms with Gasteiger partial charge in [0.1, 0.15) is 0 Å². The largest absolute Gasteiger partial charge is 0.296 e. The van der Waals surface area contributed by atoms with Crippen LogP contribution in [0.2, 0.25) is 0 Å². The second-order valence-corrected chi connectivity index (χ2v) is 5.04. The van der Waals surface area contributed by atoms with Gasteiger partial charge in [0.25, 0.3) is 0 Å². The van der Waals surface area contributed by atoms with Crippen molar-refractivity contribution in [3.8, 4) is 0 Å². The average Bonchev–Trinajstić information content (AvgIpc) is 2.52. The summed E-state index contributed by atoms with van der Waals surface area (Å²) in [6.45, 7) is 4.30. The normalized spacial score (nSPS) is 12.9. The van der Waals surface area contributed by atoms with E-state index in [2.05, 4.69) is 79.5 Å². The molecule has 21 heavy (non-hydrogen) atoms. The highest BCUT2D eigenvalue weighted by atomic mass is 14.6. The van der Waals surface area contributed by atoms with Crippen LogP contribution in [0.25, 0.3) is 11.1 Å². The van der Waals surface area contributed by atoms with Crippen LogP contribution in [0.15, 0.2) is 71.7 Å². The third-order valence-corrected chi connectivity index (χ3v) is 3.45. The molecule has 0 unspecified atom stereocenters. The Morgan fingerprint density at radius 2 is 1.62 bits per heavy atom. The van der Waals surface area contributed by atoms with Crippen molar-refractivity contribution >= 4 is 17.4 Å². The Balaban J connectivity index is 2.44. The Kier molecular flexibility index (Phi) is 5.28. The average molecular weight is 275 g/mol. The highest BCUT2D eigenvalue weighted by molar-refractivity contribution is 5.92. The van der Waals surface area contributed by atoms with Crippen molar-refractivity contribution in [3.05, 3.63) is 83.4 Å². The van der Waals surface area contributed by atoms with Crippen molar-refractivity contribution in [2.24, 2.45) is 4.99 Å². The maximum atomic E-state index is 4.07. The van der Waals surface area contributed by atoms with Crippen LogP contribution in [0, 0.1) is 6.92 Å². The van der Waals surface area contributed by atoms with Crippen LogP contribution >= 0.6 is 0 Å². The maximum Gasteiger partial charge on any atom is 0.0277 e. The standard InChI is InChI=1S/C20H21N/c1-16-9-7-8-12-20(16)17(2)15-19(13-14-21-3)18-10-5-4-6-11-18/h4-15H,1-3H3/b17-15+,19-13+,21-14?. The van der Waals surface area contributed by atoms with Gasteiger partial charge in [-0.3, -0.25) is 4.99 Å². The summed E-state index contributed by atoms with van der Waals surface area (Å²) in [5.41, 5.74) is 6.20. The quantitative estimate of drug-likeness (QED) is 0.538. The molecule has 2 aromatic carbocycles. The molecule has 1 heteroatoms. The molecule has 106 valence electrons. The van der Waals surface area contributed by atoms with Gasteiger partial charge in [-0.2, -0.15) is 0 Å². The van der Waals surface area contributed by atoms with Gasteiger partial charge < -0.3 is 0 Å². The van der Waals surface area contributed by atoms with Crippen LogP contribution in [0.4, 0.5) is 0 Å². The number of hydrogen-bond donors (Lipinski definition) is 0. The van der Waals surface area contributed by atoms with Gasteiger partial charge in [-0.25, -0.2) is 0 Å². The Morgan fingerprint density at radius 3 is 2.29 bits per heavy atom. The van der Waals surface area contributed by atoms with Crippen LogP contribution in [-0.2, 0) is 0 Å². The number of hydrogen-bond acceptors (Lipinski definition) is 1. The Labute approximate surface area is 127 Å². The zero-order valence-electron chi connectivity index (χ0n) is 12.9. The van der Waals surface area contributed by atoms with E-state index in [1.54, 1.807) is 7.05 Å². The summed E-state index contributed by atoms with van der Waals surface area (Å²) in [6, 6.07) is 18.9. The topological polar surface area (TPSA) is 12.4 Å². The van der Waals surface area contributed by atoms with Gasteiger partial charge in [0, 0.05) is 13.3 Å². The number of aliphatic imine (C=N–C) groups is 1. The van der Waals surface area contributed by atoms with E-state index in [1.165, 1.54) is 27.8 Å². The zero-order chi connectivity index (χ0) is 15.1. The third kappa shape index (κ3) is 4.03. The van der Waals surface area contributed by atoms with Crippen molar-refractivity contribution in [1.82, 2.24) is 0 Å². The van der Waals surface area contributed by atoms with Gasteiger partial charge in [-0.15, -0.1) is 0 Å². The Morgan fingerprint density at radius 1 is 0.952 bits per heavy atom. The summed E-state index contributed by atoms with van der Waals surface area (Å²) in [4.78, 5) is 4.07. The molecular weight excluding hydrogens is 254 g/mol. The molecular formula is C20H21N. The molecule has 0 saturated heterocycles. The monoisotopic (exact) mass is 275 g/mol. The smallest absolute Gasteiger partial charge is 0.0277 e. The minimum Gasteiger partial charge on any atom is -0.296 e. The van der Waals surface area contributed by atoms with E-state index in [9.17, 15) is 0 Å². The van der Waals surface area contributed by atoms with Gasteiger partial charge in [-0.1, -0.05) is 60.7 Å². The first-order valence-corrected chi connectivity index (χ1v) is 7.14. The van der Waals surface area contributed by atoms with Crippen LogP contribution in [0.1, 0.15) is 23.6 Å². The Hall–Kier alpha value is -2.41. The molecule has 0 N–H and O–H groups in total. The van der Waals surface area contributed by atoms with Crippen molar-refractivity contribution in [2.45, 2.75) is 13.8 Å². The first-order chi connectivity index (χ1) is 10.2. The minimum absolute atomic E-state index is 1.17. The summed E-state index contributed by atoms with van der Waals surface area (Å²) in [5, 5.41) is 0. The Bertz CT molecular complexity index is 676. The molecule has 2 rings (SSSR count). The van der Waals surface area contributed by atoms with Gasteiger partial charge in [0.05, 0.1) is 0 Å². The molecule has 0 fully saturated rings. The van der Waals surface area contributed by atoms with Gasteiger partial charge in [0.15, 0.2) is 0 Å². The highest BCUT2D eigenvalue weighted by Gasteiger charge is 2.02. The number of allylic oxidation sites excluding steroid dienone is 4. The van der Waals surface area contributed by atoms with E-state index in [0.717, 1.165) is 0 Å². The molecule has 0 atom stereocenters. The number of benzene rings is 2. The molecule has 0 aromatic heterocycles. The highest BCUT2D eigenvalue weighted by Crippen LogP contribution is 2.23. The minimum atomic E-state index is 1.17. The van der Waals surface area contributed by atoms with Crippen molar-refractivity contribution in [3.63, 3.8) is 0 Å². The first-order valence-electron chi connectivity index (χ1n) is 7.14. The van der Waals surface area contributed by atoms with Crippen molar-refractivity contribution in [2.75, 3.05) is 7.05 Å². The van der Waals surface area contributed by atoms with Gasteiger partial charge in [-0.05, 0) is 47.8 Å². The molecule has 0 bridgehead atoms. The molecule has 0 aliphatic carbocycles. The first kappa shape index (κ1) is 15.0. The van der Waals surface area contributed by atoms with E-state index in [0.29, 0.717) is 0 Å². The fourth-order valence-corrected chi connectivity index (χ4v) is 2.34. The lowest BCUT2D eigenvalue weighted by Crippen LogP contribution is -1.87. The predicted octanol–water partition coefficient (Wildman–Crippen LogP) is 5.18. The lowest BCUT2D eigenvalue weighted by atomic mass is 9.97. The maximum absolute atomic E-state index is 4.07. The summed E-state index contributed by atoms with van der Waals surface area (Å²) in [5.74, 6) is 0. The molecule has 0 spiro atoms. The molecule has 0 radical (unpaired) electrons. The summed E-state index contributed by atoms with van der Waals surface area (Å²) in [6.07, 6.45) is 6.11. The fraction of sp³-hybridized carbons (Fsp3) is 0.150. The predicted molar refractivity (Wildman–Crippen MR) is 93.7 cm³/mol. The molecule has 0 amide bonds. The van der Waals surface area contributed by atoms with E-state index in [4.69, 9.17) is 0 Å². The number of rotatable bonds is 4. The van der Waals surface area contributed by atoms with Crippen LogP contribution in [0.3, 0.4) is 0 Å². The molecule has 0 heterocycles. The lowest BCUT2D eigenvalue weighted by molar-refractivity contribution is 1.41. The summed E-state index contributed by atoms with van der Waals surface area (Å²) in [7, 11) is 1.79. The number of nitrogens with zero attached hydrogens (tertiary/aromatic N) is 1. The summed E-state index contributed by atoms with van der Waals surface area (Å²) < 4.78 is 0. The van der Waals surface area contributed by atoms with Crippen LogP contribution < -0.4 is 0 Å². The van der Waals surface area contributed by atoms with E-state index in [-0.39, 0.29) is 0 Å². The SMILES string of the molecule is CN=C/C=C(\C=C(/C)c1ccccc1C)c1ccccc1. The molecule has 0 aliphatic heterocycles. The molecule has 2 aromatic rings. The van der Waals surface area contributed by atoms with Crippen molar-refractivity contribution in [1.29, 1.82) is 0 Å². The van der Waals surface area contributed by atoms with Crippen LogP contribution in [-0.4, -0.2) is 13.3 Å². The van der Waals surface area contributed by atoms with E-state index >= 15 is 0 Å². The number of aryl methyl sites for hydroxylation is 1. The molecule has 0 saturated carbocycles. The van der Waals surface area contributed by atoms with E-state index < -0.39 is 0 Å². The second kappa shape index (κ2) is 7.39. The fourth-order valence-electron chi connectivity index (χ4n) is 2.34. The van der Waals surface area contributed by atoms with E-state index in [1.807, 2.05) is 12.3 Å². The van der Waals surface area contributed by atoms with Gasteiger partial charge >= 0.3 is 0 Å². The second-order valence-electron chi connectivity index (χ2n) is 5.04. The van der Waals surface area contributed by atoms with Crippen LogP contribution in [0.5, 0.6) is 0 Å². The third-order valence-electron chi connectivity index (χ3n) is 3.45. The lowest BCUT2D eigenvalue weighted by Gasteiger charge is -2.08. The molecule has 0 aliphatic rings. The van der Waals surface area contributed by atoms with Gasteiger partial charge in [0.2, 0.25) is 0 Å².